The van der Waals surface area contributed by atoms with Crippen molar-refractivity contribution in [1.29, 1.82) is 0 Å². The van der Waals surface area contributed by atoms with E-state index in [1.54, 1.807) is 29.2 Å². The van der Waals surface area contributed by atoms with Crippen LogP contribution in [-0.4, -0.2) is 117 Å². The van der Waals surface area contributed by atoms with Gasteiger partial charge in [-0.3, -0.25) is 19.3 Å². The Labute approximate surface area is 262 Å². The van der Waals surface area contributed by atoms with Crippen LogP contribution in [0.4, 0.5) is 5.69 Å². The second-order valence-corrected chi connectivity index (χ2v) is 13.5. The number of ether oxygens (including phenoxy) is 2. The van der Waals surface area contributed by atoms with Crippen LogP contribution >= 0.6 is 0 Å². The second kappa shape index (κ2) is 12.6. The highest BCUT2D eigenvalue weighted by atomic mass is 32.2. The van der Waals surface area contributed by atoms with Crippen molar-refractivity contribution in [2.45, 2.75) is 30.2 Å². The van der Waals surface area contributed by atoms with Gasteiger partial charge < -0.3 is 24.4 Å². The number of Topliss-reactive ketones (excluding diaryl/α,β-unsaturated/α-hetero) is 1. The Kier molecular flexibility index (Phi) is 8.81. The Morgan fingerprint density at radius 1 is 0.889 bits per heavy atom. The van der Waals surface area contributed by atoms with Crippen LogP contribution in [0.5, 0.6) is 0 Å². The number of morpholine rings is 2. The van der Waals surface area contributed by atoms with Gasteiger partial charge in [0.25, 0.3) is 17.6 Å². The molecule has 3 saturated heterocycles. The second-order valence-electron chi connectivity index (χ2n) is 11.5. The molecule has 3 fully saturated rings. The number of aliphatic hydroxyl groups excluding tert-OH is 1. The van der Waals surface area contributed by atoms with Crippen molar-refractivity contribution in [2.75, 3.05) is 77.1 Å². The molecule has 12 nitrogen and oxygen atoms in total. The van der Waals surface area contributed by atoms with Crippen LogP contribution in [0.3, 0.4) is 0 Å². The number of rotatable bonds is 9. The lowest BCUT2D eigenvalue weighted by Gasteiger charge is -2.35. The molecule has 2 aromatic carbocycles. The molecule has 1 spiro atoms. The standard InChI is InChI=1S/C32H38N4O8S/c1-2-11-35-26-10-4-3-9-25(26)32(31(35)40)27(29(38)30(39)36(32)13-6-12-33-14-18-43-19-15-33)28(37)23-7-5-8-24(22-23)45(41,42)34-16-20-44-21-17-34/h3-5,7-10,22,37H,2,6,11-21H2,1H3/b28-27+. The maximum absolute atomic E-state index is 14.6. The maximum Gasteiger partial charge on any atom is 0.296 e. The summed E-state index contributed by atoms with van der Waals surface area (Å²) in [5.74, 6) is -2.95. The fourth-order valence-corrected chi connectivity index (χ4v) is 8.23. The molecule has 2 amide bonds. The largest absolute Gasteiger partial charge is 0.507 e. The van der Waals surface area contributed by atoms with Crippen LogP contribution < -0.4 is 4.90 Å². The number of sulfonamides is 1. The lowest BCUT2D eigenvalue weighted by atomic mass is 9.82. The van der Waals surface area contributed by atoms with Crippen LogP contribution in [0.15, 0.2) is 59.0 Å². The average Bonchev–Trinajstić information content (AvgIpc) is 3.44. The van der Waals surface area contributed by atoms with E-state index < -0.39 is 38.9 Å². The number of fused-ring (bicyclic) bond motifs is 2. The van der Waals surface area contributed by atoms with E-state index in [0.29, 0.717) is 50.4 Å². The summed E-state index contributed by atoms with van der Waals surface area (Å²) in [6.07, 6.45) is 1.12. The van der Waals surface area contributed by atoms with Crippen LogP contribution in [0.2, 0.25) is 0 Å². The molecule has 0 saturated carbocycles. The van der Waals surface area contributed by atoms with E-state index >= 15 is 0 Å². The molecule has 13 heteroatoms. The number of likely N-dealkylation sites (tertiary alicyclic amines) is 1. The van der Waals surface area contributed by atoms with E-state index in [0.717, 1.165) is 13.1 Å². The van der Waals surface area contributed by atoms with Gasteiger partial charge in [0.15, 0.2) is 5.54 Å². The Morgan fingerprint density at radius 2 is 1.58 bits per heavy atom. The molecular weight excluding hydrogens is 600 g/mol. The quantitative estimate of drug-likeness (QED) is 0.248. The third-order valence-corrected chi connectivity index (χ3v) is 10.8. The van der Waals surface area contributed by atoms with Gasteiger partial charge in [-0.1, -0.05) is 37.3 Å². The van der Waals surface area contributed by atoms with Crippen molar-refractivity contribution in [3.05, 3.63) is 65.2 Å². The fourth-order valence-electron chi connectivity index (χ4n) is 6.77. The molecule has 45 heavy (non-hydrogen) atoms. The van der Waals surface area contributed by atoms with Crippen LogP contribution in [-0.2, 0) is 39.4 Å². The number of aliphatic hydroxyl groups is 1. The molecule has 0 aliphatic carbocycles. The van der Waals surface area contributed by atoms with Crippen molar-refractivity contribution in [1.82, 2.24) is 14.1 Å². The molecular formula is C32H38N4O8S. The topological polar surface area (TPSA) is 137 Å². The van der Waals surface area contributed by atoms with Gasteiger partial charge in [-0.15, -0.1) is 0 Å². The summed E-state index contributed by atoms with van der Waals surface area (Å²) in [5, 5.41) is 11.9. The van der Waals surface area contributed by atoms with Gasteiger partial charge in [0.2, 0.25) is 10.0 Å². The first-order valence-corrected chi connectivity index (χ1v) is 16.9. The van der Waals surface area contributed by atoms with Gasteiger partial charge in [0.05, 0.1) is 42.6 Å². The molecule has 4 aliphatic rings. The van der Waals surface area contributed by atoms with Gasteiger partial charge in [-0.05, 0) is 31.0 Å². The Balaban J connectivity index is 1.47. The Morgan fingerprint density at radius 3 is 2.29 bits per heavy atom. The number of nitrogens with zero attached hydrogens (tertiary/aromatic N) is 4. The van der Waals surface area contributed by atoms with E-state index in [1.165, 1.54) is 33.5 Å². The molecule has 1 atom stereocenters. The summed E-state index contributed by atoms with van der Waals surface area (Å²) < 4.78 is 39.0. The predicted octanol–water partition coefficient (Wildman–Crippen LogP) is 1.76. The molecule has 1 N–H and O–H groups in total. The predicted molar refractivity (Wildman–Crippen MR) is 165 cm³/mol. The van der Waals surface area contributed by atoms with Crippen LogP contribution in [0.25, 0.3) is 5.76 Å². The minimum atomic E-state index is -3.93. The van der Waals surface area contributed by atoms with Gasteiger partial charge in [0, 0.05) is 56.9 Å². The molecule has 0 radical (unpaired) electrons. The van der Waals surface area contributed by atoms with E-state index in [-0.39, 0.29) is 48.9 Å². The lowest BCUT2D eigenvalue weighted by molar-refractivity contribution is -0.143. The first kappa shape index (κ1) is 31.4. The fraction of sp³-hybridized carbons (Fsp3) is 0.469. The summed E-state index contributed by atoms with van der Waals surface area (Å²) in [6, 6.07) is 12.7. The van der Waals surface area contributed by atoms with Crippen molar-refractivity contribution in [2.24, 2.45) is 0 Å². The van der Waals surface area contributed by atoms with Crippen LogP contribution in [0.1, 0.15) is 30.9 Å². The molecule has 6 rings (SSSR count). The maximum atomic E-state index is 14.6. The van der Waals surface area contributed by atoms with Crippen LogP contribution in [0, 0.1) is 0 Å². The van der Waals surface area contributed by atoms with E-state index in [9.17, 15) is 27.9 Å². The summed E-state index contributed by atoms with van der Waals surface area (Å²) in [5.41, 5.74) is -1.22. The molecule has 4 aliphatic heterocycles. The minimum Gasteiger partial charge on any atom is -0.507 e. The number of hydrogen-bond acceptors (Lipinski definition) is 9. The van der Waals surface area contributed by atoms with Gasteiger partial charge >= 0.3 is 0 Å². The monoisotopic (exact) mass is 638 g/mol. The first-order valence-electron chi connectivity index (χ1n) is 15.4. The normalized spacial score (nSPS) is 24.2. The van der Waals surface area contributed by atoms with Crippen molar-refractivity contribution < 1.29 is 37.4 Å². The summed E-state index contributed by atoms with van der Waals surface area (Å²) >= 11 is 0. The zero-order valence-electron chi connectivity index (χ0n) is 25.3. The highest BCUT2D eigenvalue weighted by molar-refractivity contribution is 7.89. The molecule has 4 heterocycles. The zero-order chi connectivity index (χ0) is 31.8. The number of ketones is 1. The zero-order valence-corrected chi connectivity index (χ0v) is 26.1. The molecule has 240 valence electrons. The number of benzene rings is 2. The smallest absolute Gasteiger partial charge is 0.296 e. The third kappa shape index (κ3) is 5.26. The van der Waals surface area contributed by atoms with Gasteiger partial charge in [-0.25, -0.2) is 8.42 Å². The highest BCUT2D eigenvalue weighted by Gasteiger charge is 2.66. The summed E-state index contributed by atoms with van der Waals surface area (Å²) in [7, 11) is -3.93. The molecule has 0 bridgehead atoms. The number of carbonyl (C=O) groups excluding carboxylic acids is 3. The number of hydrogen-bond donors (Lipinski definition) is 1. The van der Waals surface area contributed by atoms with E-state index in [1.807, 2.05) is 6.92 Å². The van der Waals surface area contributed by atoms with Crippen molar-refractivity contribution in [3.63, 3.8) is 0 Å². The lowest BCUT2D eigenvalue weighted by Crippen LogP contribution is -2.52. The van der Waals surface area contributed by atoms with E-state index in [2.05, 4.69) is 4.90 Å². The number of para-hydroxylation sites is 1. The van der Waals surface area contributed by atoms with E-state index in [4.69, 9.17) is 9.47 Å². The Bertz CT molecular complexity index is 1630. The highest BCUT2D eigenvalue weighted by Crippen LogP contribution is 2.53. The Hall–Kier alpha value is -3.62. The molecule has 2 aromatic rings. The van der Waals surface area contributed by atoms with Crippen molar-refractivity contribution in [3.8, 4) is 0 Å². The van der Waals surface area contributed by atoms with Gasteiger partial charge in [-0.2, -0.15) is 4.31 Å². The number of amides is 2. The SMILES string of the molecule is CCCN1C(=O)C2(/C(=C(/O)c3cccc(S(=O)(=O)N4CCOCC4)c3)C(=O)C(=O)N2CCCN2CCOCC2)c2ccccc21. The molecule has 0 aromatic heterocycles. The number of carbonyl (C=O) groups is 3. The third-order valence-electron chi connectivity index (χ3n) is 8.93. The average molecular weight is 639 g/mol. The summed E-state index contributed by atoms with van der Waals surface area (Å²) in [6.45, 7) is 6.66. The van der Waals surface area contributed by atoms with Crippen molar-refractivity contribution >= 4 is 39.1 Å². The molecule has 1 unspecified atom stereocenters. The van der Waals surface area contributed by atoms with Gasteiger partial charge in [0.1, 0.15) is 5.76 Å². The first-order chi connectivity index (χ1) is 21.7. The minimum absolute atomic E-state index is 0.0225. The number of anilines is 1. The summed E-state index contributed by atoms with van der Waals surface area (Å²) in [4.78, 5) is 47.5.